The Hall–Kier alpha value is -2.52. The van der Waals surface area contributed by atoms with Crippen molar-refractivity contribution in [3.63, 3.8) is 0 Å². The third-order valence-corrected chi connectivity index (χ3v) is 5.93. The lowest BCUT2D eigenvalue weighted by molar-refractivity contribution is -0.156. The number of amides is 4. The number of nitrogens with one attached hydrogen (secondary N) is 2. The number of hydrazine groups is 1. The molecule has 2 fully saturated rings. The molecule has 11 heteroatoms. The minimum absolute atomic E-state index is 0.217. The quantitative estimate of drug-likeness (QED) is 0.486. The zero-order valence-corrected chi connectivity index (χ0v) is 18.6. The van der Waals surface area contributed by atoms with Crippen molar-refractivity contribution in [1.82, 2.24) is 15.8 Å². The van der Waals surface area contributed by atoms with Crippen molar-refractivity contribution in [1.29, 1.82) is 0 Å². The summed E-state index contributed by atoms with van der Waals surface area (Å²) in [5, 5.41) is 3.97. The molecule has 1 aliphatic carbocycles. The first-order chi connectivity index (χ1) is 14.6. The van der Waals surface area contributed by atoms with E-state index < -0.39 is 42.1 Å². The van der Waals surface area contributed by atoms with Gasteiger partial charge in [0.05, 0.1) is 5.02 Å². The van der Waals surface area contributed by atoms with Crippen molar-refractivity contribution in [2.24, 2.45) is 5.92 Å². The van der Waals surface area contributed by atoms with E-state index in [2.05, 4.69) is 17.7 Å². The van der Waals surface area contributed by atoms with Crippen LogP contribution in [0.2, 0.25) is 10.0 Å². The molecule has 1 aromatic rings. The van der Waals surface area contributed by atoms with Crippen LogP contribution in [-0.4, -0.2) is 47.1 Å². The van der Waals surface area contributed by atoms with Gasteiger partial charge < -0.3 is 14.8 Å². The maximum Gasteiger partial charge on any atom is 0.347 e. The summed E-state index contributed by atoms with van der Waals surface area (Å²) in [5.41, 5.74) is 1.22. The average Bonchev–Trinajstić information content (AvgIpc) is 2.94. The molecule has 0 bridgehead atoms. The normalized spacial score (nSPS) is 24.0. The summed E-state index contributed by atoms with van der Waals surface area (Å²) < 4.78 is 10.3. The molecule has 31 heavy (non-hydrogen) atoms. The van der Waals surface area contributed by atoms with Crippen LogP contribution in [0.1, 0.15) is 39.5 Å². The van der Waals surface area contributed by atoms with Crippen LogP contribution in [0.25, 0.3) is 0 Å². The zero-order valence-electron chi connectivity index (χ0n) is 17.1. The number of carbonyl (C=O) groups excluding carboxylic acids is 4. The predicted molar refractivity (Wildman–Crippen MR) is 111 cm³/mol. The van der Waals surface area contributed by atoms with Gasteiger partial charge >= 0.3 is 12.0 Å². The number of urea groups is 1. The van der Waals surface area contributed by atoms with Crippen molar-refractivity contribution < 1.29 is 28.7 Å². The maximum absolute atomic E-state index is 12.7. The fourth-order valence-corrected chi connectivity index (χ4v) is 3.99. The fraction of sp³-hybridized carbons (Fsp3) is 0.500. The summed E-state index contributed by atoms with van der Waals surface area (Å²) in [6.07, 6.45) is 1.59. The minimum atomic E-state index is -1.06. The van der Waals surface area contributed by atoms with E-state index in [-0.39, 0.29) is 10.8 Å². The molecule has 1 heterocycles. The Kier molecular flexibility index (Phi) is 6.96. The molecule has 168 valence electrons. The molecule has 0 radical (unpaired) electrons. The van der Waals surface area contributed by atoms with Gasteiger partial charge in [0.2, 0.25) is 0 Å². The number of imide groups is 1. The Morgan fingerprint density at radius 1 is 1.29 bits per heavy atom. The van der Waals surface area contributed by atoms with E-state index >= 15 is 0 Å². The topological polar surface area (TPSA) is 114 Å². The number of rotatable bonds is 6. The van der Waals surface area contributed by atoms with Gasteiger partial charge in [0.25, 0.3) is 11.8 Å². The third-order valence-electron chi connectivity index (χ3n) is 5.40. The van der Waals surface area contributed by atoms with Crippen LogP contribution in [0.5, 0.6) is 5.75 Å². The summed E-state index contributed by atoms with van der Waals surface area (Å²) in [5.74, 6) is -1.44. The van der Waals surface area contributed by atoms with Crippen LogP contribution in [0.4, 0.5) is 4.79 Å². The molecule has 1 saturated heterocycles. The molecular formula is C20H23Cl2N3O6. The van der Waals surface area contributed by atoms with Crippen molar-refractivity contribution >= 4 is 47.0 Å². The van der Waals surface area contributed by atoms with Crippen LogP contribution in [-0.2, 0) is 19.1 Å². The zero-order chi connectivity index (χ0) is 22.8. The minimum Gasteiger partial charge on any atom is -0.477 e. The first-order valence-corrected chi connectivity index (χ1v) is 10.6. The number of benzene rings is 1. The van der Waals surface area contributed by atoms with Gasteiger partial charge in [-0.25, -0.2) is 9.59 Å². The Balaban J connectivity index is 1.50. The summed E-state index contributed by atoms with van der Waals surface area (Å²) in [6, 6.07) is 3.81. The fourth-order valence-electron chi connectivity index (χ4n) is 3.54. The van der Waals surface area contributed by atoms with Crippen LogP contribution >= 0.6 is 23.2 Å². The van der Waals surface area contributed by atoms with E-state index in [0.717, 1.165) is 12.8 Å². The summed E-state index contributed by atoms with van der Waals surface area (Å²) >= 11 is 11.8. The molecule has 9 nitrogen and oxygen atoms in total. The highest BCUT2D eigenvalue weighted by Gasteiger charge is 2.52. The van der Waals surface area contributed by atoms with E-state index in [4.69, 9.17) is 32.7 Å². The number of esters is 1. The van der Waals surface area contributed by atoms with Gasteiger partial charge in [0, 0.05) is 5.02 Å². The van der Waals surface area contributed by atoms with E-state index in [0.29, 0.717) is 28.8 Å². The van der Waals surface area contributed by atoms with Crippen molar-refractivity contribution in [2.45, 2.75) is 51.2 Å². The molecule has 2 N–H and O–H groups in total. The first-order valence-electron chi connectivity index (χ1n) is 9.86. The Bertz CT molecular complexity index is 901. The molecule has 1 atom stereocenters. The van der Waals surface area contributed by atoms with Crippen LogP contribution < -0.4 is 15.5 Å². The van der Waals surface area contributed by atoms with E-state index in [1.165, 1.54) is 19.1 Å². The van der Waals surface area contributed by atoms with E-state index in [1.807, 2.05) is 0 Å². The van der Waals surface area contributed by atoms with Gasteiger partial charge in [-0.2, -0.15) is 5.01 Å². The number of ether oxygens (including phenoxy) is 2. The average molecular weight is 472 g/mol. The highest BCUT2D eigenvalue weighted by molar-refractivity contribution is 6.35. The lowest BCUT2D eigenvalue weighted by Gasteiger charge is -2.33. The molecule has 3 rings (SSSR count). The molecule has 2 aliphatic rings. The Labute approximate surface area is 189 Å². The number of nitrogens with zero attached hydrogens (tertiary/aromatic N) is 1. The Morgan fingerprint density at radius 3 is 2.61 bits per heavy atom. The smallest absolute Gasteiger partial charge is 0.347 e. The van der Waals surface area contributed by atoms with Crippen molar-refractivity contribution in [3.8, 4) is 5.75 Å². The van der Waals surface area contributed by atoms with Crippen LogP contribution in [0, 0.1) is 5.92 Å². The molecule has 0 aromatic heterocycles. The van der Waals surface area contributed by atoms with E-state index in [9.17, 15) is 19.2 Å². The largest absolute Gasteiger partial charge is 0.477 e. The lowest BCUT2D eigenvalue weighted by Crippen LogP contribution is -2.52. The van der Waals surface area contributed by atoms with E-state index in [1.54, 1.807) is 6.07 Å². The molecule has 1 aromatic carbocycles. The van der Waals surface area contributed by atoms with Gasteiger partial charge in [-0.05, 0) is 56.7 Å². The highest BCUT2D eigenvalue weighted by Crippen LogP contribution is 2.35. The summed E-state index contributed by atoms with van der Waals surface area (Å²) in [4.78, 5) is 49.2. The monoisotopic (exact) mass is 471 g/mol. The second-order valence-corrected chi connectivity index (χ2v) is 8.66. The molecular weight excluding hydrogens is 449 g/mol. The van der Waals surface area contributed by atoms with Gasteiger partial charge in [0.1, 0.15) is 11.3 Å². The predicted octanol–water partition coefficient (Wildman–Crippen LogP) is 2.84. The highest BCUT2D eigenvalue weighted by atomic mass is 35.5. The summed E-state index contributed by atoms with van der Waals surface area (Å²) in [6.45, 7) is 2.83. The molecule has 1 aliphatic heterocycles. The second kappa shape index (κ2) is 9.32. The molecule has 4 amide bonds. The molecule has 1 spiro atoms. The number of halogens is 2. The summed E-state index contributed by atoms with van der Waals surface area (Å²) in [7, 11) is 0. The number of hydrogen-bond acceptors (Lipinski definition) is 6. The van der Waals surface area contributed by atoms with Gasteiger partial charge in [-0.3, -0.25) is 15.0 Å². The van der Waals surface area contributed by atoms with Gasteiger partial charge in [0.15, 0.2) is 12.7 Å². The number of carbonyl (C=O) groups is 4. The van der Waals surface area contributed by atoms with Crippen LogP contribution in [0.15, 0.2) is 18.2 Å². The molecule has 1 unspecified atom stereocenters. The van der Waals surface area contributed by atoms with Crippen molar-refractivity contribution in [2.75, 3.05) is 6.61 Å². The second-order valence-electron chi connectivity index (χ2n) is 7.81. The Morgan fingerprint density at radius 2 is 1.97 bits per heavy atom. The van der Waals surface area contributed by atoms with Gasteiger partial charge in [-0.1, -0.05) is 30.1 Å². The lowest BCUT2D eigenvalue weighted by atomic mass is 9.77. The number of hydrogen-bond donors (Lipinski definition) is 2. The first kappa shape index (κ1) is 23.1. The van der Waals surface area contributed by atoms with Crippen molar-refractivity contribution in [3.05, 3.63) is 28.2 Å². The maximum atomic E-state index is 12.7. The van der Waals surface area contributed by atoms with Crippen LogP contribution in [0.3, 0.4) is 0 Å². The standard InChI is InChI=1S/C20H23Cl2N3O6/c1-11-5-7-20(8-6-11)18(28)25(19(29)23-20)24-16(26)10-30-17(27)12(2)31-15-4-3-13(21)9-14(15)22/h3-4,9,11-12H,5-8,10H2,1-2H3,(H,23,29)(H,24,26). The SMILES string of the molecule is CC1CCC2(CC1)NC(=O)N(NC(=O)COC(=O)C(C)Oc1ccc(Cl)cc1Cl)C2=O. The van der Waals surface area contributed by atoms with Gasteiger partial charge in [-0.15, -0.1) is 0 Å². The third kappa shape index (κ3) is 5.22. The molecule has 1 saturated carbocycles.